The van der Waals surface area contributed by atoms with Crippen molar-refractivity contribution in [3.63, 3.8) is 0 Å². The Kier molecular flexibility index (Phi) is 4.14. The predicted octanol–water partition coefficient (Wildman–Crippen LogP) is 3.54. The molecular weight excluding hydrogens is 272 g/mol. The Morgan fingerprint density at radius 2 is 1.95 bits per heavy atom. The SMILES string of the molecule is Cc1nn(C)c2c1nc(CCCl)n2CC(C)C(C)(C)C. The number of hydrogen-bond acceptors (Lipinski definition) is 2. The first-order valence-corrected chi connectivity index (χ1v) is 7.73. The fraction of sp³-hybridized carbons (Fsp3) is 0.733. The van der Waals surface area contributed by atoms with Gasteiger partial charge in [-0.1, -0.05) is 27.7 Å². The molecule has 20 heavy (non-hydrogen) atoms. The van der Waals surface area contributed by atoms with Crippen LogP contribution in [0.2, 0.25) is 0 Å². The second kappa shape index (κ2) is 5.40. The third-order valence-corrected chi connectivity index (χ3v) is 4.41. The molecule has 0 aromatic carbocycles. The van der Waals surface area contributed by atoms with Crippen LogP contribution >= 0.6 is 11.6 Å². The number of rotatable bonds is 4. The third-order valence-electron chi connectivity index (χ3n) is 4.22. The molecule has 0 radical (unpaired) electrons. The van der Waals surface area contributed by atoms with Crippen LogP contribution in [0.4, 0.5) is 0 Å². The van der Waals surface area contributed by atoms with Crippen molar-refractivity contribution in [1.29, 1.82) is 0 Å². The van der Waals surface area contributed by atoms with Crippen molar-refractivity contribution >= 4 is 22.8 Å². The first kappa shape index (κ1) is 15.4. The van der Waals surface area contributed by atoms with Crippen molar-refractivity contribution in [3.05, 3.63) is 11.5 Å². The van der Waals surface area contributed by atoms with Crippen LogP contribution in [-0.2, 0) is 20.0 Å². The lowest BCUT2D eigenvalue weighted by Gasteiger charge is -2.28. The molecule has 0 amide bonds. The fourth-order valence-corrected chi connectivity index (χ4v) is 2.56. The standard InChI is InChI=1S/C15H25ClN4/c1-10(15(3,4)5)9-20-12(7-8-16)17-13-11(2)18-19(6)14(13)20/h10H,7-9H2,1-6H3. The fourth-order valence-electron chi connectivity index (χ4n) is 2.39. The van der Waals surface area contributed by atoms with E-state index in [4.69, 9.17) is 16.6 Å². The van der Waals surface area contributed by atoms with E-state index in [1.54, 1.807) is 0 Å². The van der Waals surface area contributed by atoms with E-state index >= 15 is 0 Å². The van der Waals surface area contributed by atoms with Crippen LogP contribution in [0.25, 0.3) is 11.2 Å². The van der Waals surface area contributed by atoms with Crippen LogP contribution in [0.1, 0.15) is 39.2 Å². The zero-order valence-electron chi connectivity index (χ0n) is 13.4. The van der Waals surface area contributed by atoms with Crippen molar-refractivity contribution in [3.8, 4) is 0 Å². The van der Waals surface area contributed by atoms with E-state index in [0.29, 0.717) is 11.8 Å². The second-order valence-corrected chi connectivity index (χ2v) is 7.10. The maximum absolute atomic E-state index is 5.93. The molecule has 2 aromatic rings. The van der Waals surface area contributed by atoms with Crippen molar-refractivity contribution < 1.29 is 0 Å². The molecule has 5 heteroatoms. The largest absolute Gasteiger partial charge is 0.313 e. The summed E-state index contributed by atoms with van der Waals surface area (Å²) in [6, 6.07) is 0. The Balaban J connectivity index is 2.51. The molecule has 0 bridgehead atoms. The summed E-state index contributed by atoms with van der Waals surface area (Å²) in [6.45, 7) is 12.1. The number of fused-ring (bicyclic) bond motifs is 1. The molecular formula is C15H25ClN4. The van der Waals surface area contributed by atoms with Crippen LogP contribution in [-0.4, -0.2) is 25.2 Å². The van der Waals surface area contributed by atoms with Gasteiger partial charge in [0.15, 0.2) is 5.65 Å². The highest BCUT2D eigenvalue weighted by Crippen LogP contribution is 2.29. The monoisotopic (exact) mass is 296 g/mol. The summed E-state index contributed by atoms with van der Waals surface area (Å²) in [6.07, 6.45) is 0.798. The summed E-state index contributed by atoms with van der Waals surface area (Å²) in [5, 5.41) is 4.48. The van der Waals surface area contributed by atoms with Crippen molar-refractivity contribution in [2.24, 2.45) is 18.4 Å². The van der Waals surface area contributed by atoms with E-state index in [9.17, 15) is 0 Å². The first-order chi connectivity index (χ1) is 9.25. The molecule has 2 heterocycles. The van der Waals surface area contributed by atoms with Crippen molar-refractivity contribution in [2.45, 2.75) is 47.6 Å². The lowest BCUT2D eigenvalue weighted by Crippen LogP contribution is -2.24. The topological polar surface area (TPSA) is 35.6 Å². The Morgan fingerprint density at radius 1 is 1.30 bits per heavy atom. The van der Waals surface area contributed by atoms with E-state index < -0.39 is 0 Å². The molecule has 0 saturated carbocycles. The molecule has 112 valence electrons. The van der Waals surface area contributed by atoms with Gasteiger partial charge in [0.1, 0.15) is 11.3 Å². The lowest BCUT2D eigenvalue weighted by molar-refractivity contribution is 0.232. The summed E-state index contributed by atoms with van der Waals surface area (Å²) in [5.41, 5.74) is 3.37. The van der Waals surface area contributed by atoms with Crippen LogP contribution < -0.4 is 0 Å². The molecule has 2 rings (SSSR count). The van der Waals surface area contributed by atoms with Gasteiger partial charge >= 0.3 is 0 Å². The third kappa shape index (κ3) is 2.71. The molecule has 0 spiro atoms. The molecule has 0 aliphatic rings. The molecule has 0 aliphatic heterocycles. The van der Waals surface area contributed by atoms with E-state index in [0.717, 1.165) is 35.6 Å². The van der Waals surface area contributed by atoms with E-state index in [1.165, 1.54) is 0 Å². The number of alkyl halides is 1. The minimum atomic E-state index is 0.266. The quantitative estimate of drug-likeness (QED) is 0.809. The minimum Gasteiger partial charge on any atom is -0.313 e. The van der Waals surface area contributed by atoms with Gasteiger partial charge in [0.2, 0.25) is 0 Å². The second-order valence-electron chi connectivity index (χ2n) is 6.73. The average molecular weight is 297 g/mol. The van der Waals surface area contributed by atoms with Crippen molar-refractivity contribution in [1.82, 2.24) is 19.3 Å². The molecule has 0 fully saturated rings. The molecule has 0 N–H and O–H groups in total. The van der Waals surface area contributed by atoms with Crippen LogP contribution in [0, 0.1) is 18.3 Å². The highest BCUT2D eigenvalue weighted by molar-refractivity contribution is 6.17. The summed E-state index contributed by atoms with van der Waals surface area (Å²) in [7, 11) is 1.99. The van der Waals surface area contributed by atoms with E-state index in [2.05, 4.69) is 37.4 Å². The Morgan fingerprint density at radius 3 is 2.50 bits per heavy atom. The number of imidazole rings is 1. The first-order valence-electron chi connectivity index (χ1n) is 7.20. The van der Waals surface area contributed by atoms with Crippen LogP contribution in [0.5, 0.6) is 0 Å². The highest BCUT2D eigenvalue weighted by Gasteiger charge is 2.24. The minimum absolute atomic E-state index is 0.266. The molecule has 2 aromatic heterocycles. The zero-order chi connectivity index (χ0) is 15.1. The Bertz CT molecular complexity index is 603. The predicted molar refractivity (Wildman–Crippen MR) is 84.3 cm³/mol. The van der Waals surface area contributed by atoms with Crippen molar-refractivity contribution in [2.75, 3.05) is 5.88 Å². The highest BCUT2D eigenvalue weighted by atomic mass is 35.5. The molecule has 1 atom stereocenters. The number of aryl methyl sites for hydroxylation is 3. The smallest absolute Gasteiger partial charge is 0.158 e. The van der Waals surface area contributed by atoms with Gasteiger partial charge in [-0.25, -0.2) is 4.98 Å². The summed E-state index contributed by atoms with van der Waals surface area (Å²) in [4.78, 5) is 4.75. The normalized spacial score (nSPS) is 14.2. The zero-order valence-corrected chi connectivity index (χ0v) is 14.1. The number of aromatic nitrogens is 4. The molecule has 1 unspecified atom stereocenters. The van der Waals surface area contributed by atoms with Gasteiger partial charge in [-0.3, -0.25) is 4.68 Å². The summed E-state index contributed by atoms with van der Waals surface area (Å²) in [5.74, 6) is 2.21. The van der Waals surface area contributed by atoms with Gasteiger partial charge < -0.3 is 4.57 Å². The van der Waals surface area contributed by atoms with Crippen LogP contribution in [0.3, 0.4) is 0 Å². The van der Waals surface area contributed by atoms with Gasteiger partial charge in [-0.2, -0.15) is 5.10 Å². The van der Waals surface area contributed by atoms with Gasteiger partial charge in [0, 0.05) is 25.9 Å². The Labute approximate surface area is 126 Å². The van der Waals surface area contributed by atoms with Gasteiger partial charge in [0.25, 0.3) is 0 Å². The number of halogens is 1. The van der Waals surface area contributed by atoms with Gasteiger partial charge in [-0.05, 0) is 18.3 Å². The number of hydrogen-bond donors (Lipinski definition) is 0. The maximum Gasteiger partial charge on any atom is 0.158 e. The average Bonchev–Trinajstić information content (AvgIpc) is 2.79. The lowest BCUT2D eigenvalue weighted by atomic mass is 9.82. The summed E-state index contributed by atoms with van der Waals surface area (Å²) < 4.78 is 4.23. The van der Waals surface area contributed by atoms with Gasteiger partial charge in [0.05, 0.1) is 5.69 Å². The molecule has 0 aliphatic carbocycles. The Hall–Kier alpha value is -1.03. The molecule has 4 nitrogen and oxygen atoms in total. The van der Waals surface area contributed by atoms with Gasteiger partial charge in [-0.15, -0.1) is 11.6 Å². The maximum atomic E-state index is 5.93. The number of nitrogens with zero attached hydrogens (tertiary/aromatic N) is 4. The van der Waals surface area contributed by atoms with Crippen LogP contribution in [0.15, 0.2) is 0 Å². The van der Waals surface area contributed by atoms with E-state index in [1.807, 2.05) is 18.7 Å². The molecule has 0 saturated heterocycles. The van der Waals surface area contributed by atoms with E-state index in [-0.39, 0.29) is 5.41 Å². The summed E-state index contributed by atoms with van der Waals surface area (Å²) >= 11 is 5.93.